The standard InChI is InChI=1S/C21H16FN3OS3/c22-16-8-10-17(11-9-16)23-19(26)13-28-21-25-24-20(29-21)27-12-15-6-3-5-14-4-1-2-7-18(14)15/h1-11H,12-13H2,(H,23,26). The number of carbonyl (C=O) groups excluding carboxylic acids is 1. The van der Waals surface area contributed by atoms with Gasteiger partial charge in [0.15, 0.2) is 8.68 Å². The van der Waals surface area contributed by atoms with Crippen LogP contribution in [0.1, 0.15) is 5.56 Å². The molecule has 0 aliphatic heterocycles. The van der Waals surface area contributed by atoms with E-state index in [0.29, 0.717) is 5.69 Å². The maximum Gasteiger partial charge on any atom is 0.234 e. The maximum atomic E-state index is 12.9. The third kappa shape index (κ3) is 5.35. The molecule has 0 aliphatic carbocycles. The summed E-state index contributed by atoms with van der Waals surface area (Å²) in [5.41, 5.74) is 1.83. The summed E-state index contributed by atoms with van der Waals surface area (Å²) >= 11 is 4.47. The summed E-state index contributed by atoms with van der Waals surface area (Å²) in [6.45, 7) is 0. The Kier molecular flexibility index (Phi) is 6.43. The van der Waals surface area contributed by atoms with E-state index in [2.05, 4.69) is 45.8 Å². The van der Waals surface area contributed by atoms with Crippen molar-refractivity contribution in [3.8, 4) is 0 Å². The summed E-state index contributed by atoms with van der Waals surface area (Å²) in [6.07, 6.45) is 0. The van der Waals surface area contributed by atoms with Crippen LogP contribution in [0, 0.1) is 5.82 Å². The number of carbonyl (C=O) groups is 1. The molecule has 146 valence electrons. The molecule has 0 saturated carbocycles. The first-order valence-corrected chi connectivity index (χ1v) is 11.6. The average molecular weight is 442 g/mol. The van der Waals surface area contributed by atoms with Gasteiger partial charge in [0.25, 0.3) is 0 Å². The van der Waals surface area contributed by atoms with Crippen LogP contribution in [0.15, 0.2) is 75.4 Å². The number of aromatic nitrogens is 2. The molecule has 3 aromatic carbocycles. The quantitative estimate of drug-likeness (QED) is 0.364. The molecule has 0 atom stereocenters. The van der Waals surface area contributed by atoms with Crippen LogP contribution >= 0.6 is 34.9 Å². The van der Waals surface area contributed by atoms with Gasteiger partial charge < -0.3 is 5.32 Å². The van der Waals surface area contributed by atoms with E-state index in [4.69, 9.17) is 0 Å². The van der Waals surface area contributed by atoms with Gasteiger partial charge >= 0.3 is 0 Å². The monoisotopic (exact) mass is 441 g/mol. The lowest BCUT2D eigenvalue weighted by Gasteiger charge is -2.04. The number of rotatable bonds is 7. The number of hydrogen-bond donors (Lipinski definition) is 1. The molecular formula is C21H16FN3OS3. The summed E-state index contributed by atoms with van der Waals surface area (Å²) in [6, 6.07) is 20.3. The van der Waals surface area contributed by atoms with Crippen LogP contribution in [0.2, 0.25) is 0 Å². The van der Waals surface area contributed by atoms with E-state index in [-0.39, 0.29) is 17.5 Å². The van der Waals surface area contributed by atoms with Gasteiger partial charge in [-0.3, -0.25) is 4.79 Å². The van der Waals surface area contributed by atoms with Crippen molar-refractivity contribution in [2.75, 3.05) is 11.1 Å². The largest absolute Gasteiger partial charge is 0.325 e. The third-order valence-corrected chi connectivity index (χ3v) is 7.31. The normalized spacial score (nSPS) is 10.9. The third-order valence-electron chi connectivity index (χ3n) is 4.07. The molecule has 0 saturated heterocycles. The van der Waals surface area contributed by atoms with E-state index in [1.54, 1.807) is 11.8 Å². The predicted octanol–water partition coefficient (Wildman–Crippen LogP) is 5.85. The lowest BCUT2D eigenvalue weighted by molar-refractivity contribution is -0.113. The molecule has 29 heavy (non-hydrogen) atoms. The van der Waals surface area contributed by atoms with Gasteiger partial charge in [0.2, 0.25) is 5.91 Å². The number of halogens is 1. The molecule has 0 radical (unpaired) electrons. The van der Waals surface area contributed by atoms with E-state index in [1.165, 1.54) is 63.7 Å². The van der Waals surface area contributed by atoms with Crippen LogP contribution in [-0.2, 0) is 10.5 Å². The predicted molar refractivity (Wildman–Crippen MR) is 119 cm³/mol. The van der Waals surface area contributed by atoms with Gasteiger partial charge in [-0.2, -0.15) is 0 Å². The van der Waals surface area contributed by atoms with E-state index in [0.717, 1.165) is 14.4 Å². The molecule has 0 spiro atoms. The zero-order valence-corrected chi connectivity index (χ0v) is 17.6. The van der Waals surface area contributed by atoms with Crippen LogP contribution in [0.3, 0.4) is 0 Å². The number of benzene rings is 3. The second kappa shape index (κ2) is 9.39. The minimum atomic E-state index is -0.334. The van der Waals surface area contributed by atoms with E-state index in [1.807, 2.05) is 12.1 Å². The molecule has 0 aliphatic rings. The number of hydrogen-bond acceptors (Lipinski definition) is 6. The highest BCUT2D eigenvalue weighted by Crippen LogP contribution is 2.32. The van der Waals surface area contributed by atoms with Crippen molar-refractivity contribution >= 4 is 57.2 Å². The molecule has 1 amide bonds. The maximum absolute atomic E-state index is 12.9. The number of thioether (sulfide) groups is 2. The Morgan fingerprint density at radius 1 is 0.931 bits per heavy atom. The molecule has 1 aromatic heterocycles. The van der Waals surface area contributed by atoms with Crippen LogP contribution in [-0.4, -0.2) is 21.9 Å². The Hall–Kier alpha value is -2.42. The van der Waals surface area contributed by atoms with Gasteiger partial charge in [-0.25, -0.2) is 4.39 Å². The number of fused-ring (bicyclic) bond motifs is 1. The number of nitrogens with zero attached hydrogens (tertiary/aromatic N) is 2. The van der Waals surface area contributed by atoms with E-state index in [9.17, 15) is 9.18 Å². The van der Waals surface area contributed by atoms with Crippen molar-refractivity contribution in [3.63, 3.8) is 0 Å². The van der Waals surface area contributed by atoms with Crippen molar-refractivity contribution in [2.45, 2.75) is 14.4 Å². The fourth-order valence-electron chi connectivity index (χ4n) is 2.73. The molecule has 4 rings (SSSR count). The average Bonchev–Trinajstić information content (AvgIpc) is 3.20. The summed E-state index contributed by atoms with van der Waals surface area (Å²) in [4.78, 5) is 12.0. The van der Waals surface area contributed by atoms with Crippen molar-refractivity contribution in [3.05, 3.63) is 78.1 Å². The van der Waals surface area contributed by atoms with Crippen molar-refractivity contribution < 1.29 is 9.18 Å². The van der Waals surface area contributed by atoms with Crippen LogP contribution in [0.25, 0.3) is 10.8 Å². The molecule has 0 bridgehead atoms. The van der Waals surface area contributed by atoms with E-state index < -0.39 is 0 Å². The highest BCUT2D eigenvalue weighted by molar-refractivity contribution is 8.03. The molecule has 4 aromatic rings. The highest BCUT2D eigenvalue weighted by Gasteiger charge is 2.10. The lowest BCUT2D eigenvalue weighted by Crippen LogP contribution is -2.13. The molecule has 0 fully saturated rings. The molecular weight excluding hydrogens is 425 g/mol. The first-order chi connectivity index (χ1) is 14.2. The van der Waals surface area contributed by atoms with Crippen LogP contribution in [0.5, 0.6) is 0 Å². The Bertz CT molecular complexity index is 1130. The molecule has 0 unspecified atom stereocenters. The van der Waals surface area contributed by atoms with Gasteiger partial charge in [-0.1, -0.05) is 77.3 Å². The van der Waals surface area contributed by atoms with Crippen LogP contribution < -0.4 is 5.32 Å². The zero-order chi connectivity index (χ0) is 20.1. The Labute approximate surface area is 179 Å². The first-order valence-electron chi connectivity index (χ1n) is 8.78. The van der Waals surface area contributed by atoms with Crippen molar-refractivity contribution in [1.82, 2.24) is 10.2 Å². The van der Waals surface area contributed by atoms with Crippen LogP contribution in [0.4, 0.5) is 10.1 Å². The van der Waals surface area contributed by atoms with Crippen molar-refractivity contribution in [1.29, 1.82) is 0 Å². The second-order valence-corrected chi connectivity index (χ2v) is 9.53. The summed E-state index contributed by atoms with van der Waals surface area (Å²) in [7, 11) is 0. The number of amides is 1. The summed E-state index contributed by atoms with van der Waals surface area (Å²) in [5.74, 6) is 0.535. The first kappa shape index (κ1) is 19.9. The Morgan fingerprint density at radius 3 is 2.48 bits per heavy atom. The second-order valence-electron chi connectivity index (χ2n) is 6.10. The fraction of sp³-hybridized carbons (Fsp3) is 0.0952. The number of nitrogens with one attached hydrogen (secondary N) is 1. The summed E-state index contributed by atoms with van der Waals surface area (Å²) in [5, 5.41) is 13.6. The molecule has 1 heterocycles. The smallest absolute Gasteiger partial charge is 0.234 e. The van der Waals surface area contributed by atoms with Crippen molar-refractivity contribution in [2.24, 2.45) is 0 Å². The van der Waals surface area contributed by atoms with Gasteiger partial charge in [0, 0.05) is 11.4 Å². The SMILES string of the molecule is O=C(CSc1nnc(SCc2cccc3ccccc23)s1)Nc1ccc(F)cc1. The molecule has 4 nitrogen and oxygen atoms in total. The number of anilines is 1. The van der Waals surface area contributed by atoms with E-state index >= 15 is 0 Å². The summed E-state index contributed by atoms with van der Waals surface area (Å²) < 4.78 is 14.5. The van der Waals surface area contributed by atoms with Gasteiger partial charge in [-0.15, -0.1) is 10.2 Å². The van der Waals surface area contributed by atoms with Gasteiger partial charge in [-0.05, 0) is 40.6 Å². The van der Waals surface area contributed by atoms with Gasteiger partial charge in [0.1, 0.15) is 5.82 Å². The van der Waals surface area contributed by atoms with Gasteiger partial charge in [0.05, 0.1) is 5.75 Å². The minimum absolute atomic E-state index is 0.165. The minimum Gasteiger partial charge on any atom is -0.325 e. The lowest BCUT2D eigenvalue weighted by atomic mass is 10.1. The Balaban J connectivity index is 1.30. The fourth-order valence-corrected chi connectivity index (χ4v) is 5.55. The zero-order valence-electron chi connectivity index (χ0n) is 15.2. The molecule has 1 N–H and O–H groups in total. The Morgan fingerprint density at radius 2 is 1.66 bits per heavy atom. The molecule has 8 heteroatoms. The highest BCUT2D eigenvalue weighted by atomic mass is 32.2. The topological polar surface area (TPSA) is 54.9 Å².